The highest BCUT2D eigenvalue weighted by Gasteiger charge is 2.07. The lowest BCUT2D eigenvalue weighted by Crippen LogP contribution is -2.16. The number of anilines is 1. The molecular weight excluding hydrogens is 254 g/mol. The number of rotatable bonds is 7. The summed E-state index contributed by atoms with van der Waals surface area (Å²) in [5.41, 5.74) is 2.84. The Bertz CT molecular complexity index is 599. The van der Waals surface area contributed by atoms with Gasteiger partial charge in [-0.15, -0.1) is 0 Å². The molecule has 0 fully saturated rings. The number of nitrogens with one attached hydrogen (secondary N) is 2. The number of fused-ring (bicyclic) bond motifs is 1. The van der Waals surface area contributed by atoms with Gasteiger partial charge in [-0.2, -0.15) is 0 Å². The summed E-state index contributed by atoms with van der Waals surface area (Å²) in [6.07, 6.45) is 1.59. The molecule has 1 amide bonds. The summed E-state index contributed by atoms with van der Waals surface area (Å²) >= 11 is 0. The average Bonchev–Trinajstić information content (AvgIpc) is 2.46. The predicted molar refractivity (Wildman–Crippen MR) is 80.2 cm³/mol. The summed E-state index contributed by atoms with van der Waals surface area (Å²) in [4.78, 5) is 14.7. The van der Waals surface area contributed by atoms with Gasteiger partial charge < -0.3 is 15.4 Å². The fourth-order valence-electron chi connectivity index (χ4n) is 2.13. The number of hydrogen-bond donors (Lipinski definition) is 2. The van der Waals surface area contributed by atoms with Crippen molar-refractivity contribution in [2.75, 3.05) is 25.5 Å². The van der Waals surface area contributed by atoms with Gasteiger partial charge in [-0.1, -0.05) is 12.1 Å². The normalized spacial score (nSPS) is 10.3. The molecule has 2 N–H and O–H groups in total. The number of hydrogen-bond acceptors (Lipinski definition) is 4. The summed E-state index contributed by atoms with van der Waals surface area (Å²) in [6, 6.07) is 7.91. The molecule has 106 valence electrons. The fourth-order valence-corrected chi connectivity index (χ4v) is 2.13. The fraction of sp³-hybridized carbons (Fsp3) is 0.333. The molecule has 2 rings (SSSR count). The highest BCUT2D eigenvalue weighted by molar-refractivity contribution is 5.95. The van der Waals surface area contributed by atoms with Gasteiger partial charge in [0.2, 0.25) is 6.41 Å². The summed E-state index contributed by atoms with van der Waals surface area (Å²) in [6.45, 7) is 3.42. The highest BCUT2D eigenvalue weighted by atomic mass is 16.5. The van der Waals surface area contributed by atoms with Gasteiger partial charge in [0.25, 0.3) is 0 Å². The molecule has 1 heterocycles. The molecule has 20 heavy (non-hydrogen) atoms. The molecule has 0 saturated carbocycles. The number of benzene rings is 1. The van der Waals surface area contributed by atoms with Crippen molar-refractivity contribution in [3.05, 3.63) is 30.0 Å². The Hall–Kier alpha value is -2.30. The molecule has 0 bridgehead atoms. The minimum absolute atomic E-state index is 0.668. The third-order valence-corrected chi connectivity index (χ3v) is 3.05. The smallest absolute Gasteiger partial charge is 0.207 e. The second-order valence-corrected chi connectivity index (χ2v) is 4.52. The predicted octanol–water partition coefficient (Wildman–Crippen LogP) is 2.10. The van der Waals surface area contributed by atoms with E-state index in [2.05, 4.69) is 15.6 Å². The van der Waals surface area contributed by atoms with E-state index in [9.17, 15) is 4.79 Å². The van der Waals surface area contributed by atoms with Crippen LogP contribution in [0.4, 0.5) is 5.69 Å². The van der Waals surface area contributed by atoms with E-state index in [0.717, 1.165) is 47.4 Å². The third-order valence-electron chi connectivity index (χ3n) is 3.05. The summed E-state index contributed by atoms with van der Waals surface area (Å²) in [5.74, 6) is 0.775. The third kappa shape index (κ3) is 3.17. The van der Waals surface area contributed by atoms with Crippen molar-refractivity contribution in [2.24, 2.45) is 0 Å². The van der Waals surface area contributed by atoms with E-state index in [1.165, 1.54) is 0 Å². The highest BCUT2D eigenvalue weighted by Crippen LogP contribution is 2.29. The second-order valence-electron chi connectivity index (χ2n) is 4.52. The first-order valence-corrected chi connectivity index (χ1v) is 6.61. The van der Waals surface area contributed by atoms with Gasteiger partial charge in [0.1, 0.15) is 11.3 Å². The van der Waals surface area contributed by atoms with Crippen LogP contribution in [-0.4, -0.2) is 31.6 Å². The van der Waals surface area contributed by atoms with Crippen LogP contribution in [-0.2, 0) is 4.79 Å². The number of aryl methyl sites for hydroxylation is 1. The molecule has 0 aliphatic heterocycles. The van der Waals surface area contributed by atoms with Gasteiger partial charge in [0.05, 0.1) is 7.11 Å². The number of amides is 1. The molecule has 0 unspecified atom stereocenters. The second kappa shape index (κ2) is 6.75. The van der Waals surface area contributed by atoms with Crippen LogP contribution >= 0.6 is 0 Å². The lowest BCUT2D eigenvalue weighted by atomic mass is 10.1. The van der Waals surface area contributed by atoms with Gasteiger partial charge in [-0.25, -0.2) is 4.98 Å². The number of aromatic nitrogens is 1. The van der Waals surface area contributed by atoms with Crippen molar-refractivity contribution < 1.29 is 9.53 Å². The molecule has 0 saturated heterocycles. The Morgan fingerprint density at radius 3 is 2.95 bits per heavy atom. The molecule has 1 aromatic heterocycles. The van der Waals surface area contributed by atoms with Gasteiger partial charge >= 0.3 is 0 Å². The molecule has 1 aromatic carbocycles. The van der Waals surface area contributed by atoms with Crippen LogP contribution in [0.25, 0.3) is 10.9 Å². The Morgan fingerprint density at radius 1 is 1.35 bits per heavy atom. The van der Waals surface area contributed by atoms with Crippen LogP contribution in [0.15, 0.2) is 24.3 Å². The van der Waals surface area contributed by atoms with Crippen LogP contribution in [0.2, 0.25) is 0 Å². The molecule has 0 aliphatic carbocycles. The molecule has 2 aromatic rings. The molecular formula is C15H19N3O2. The summed E-state index contributed by atoms with van der Waals surface area (Å²) in [5, 5.41) is 7.08. The maximum Gasteiger partial charge on any atom is 0.207 e. The van der Waals surface area contributed by atoms with E-state index in [1.807, 2.05) is 31.2 Å². The topological polar surface area (TPSA) is 63.2 Å². The van der Waals surface area contributed by atoms with Crippen molar-refractivity contribution >= 4 is 23.0 Å². The average molecular weight is 273 g/mol. The number of carbonyl (C=O) groups excluding carboxylic acids is 1. The van der Waals surface area contributed by atoms with E-state index in [0.29, 0.717) is 6.54 Å². The van der Waals surface area contributed by atoms with Crippen LogP contribution in [0.3, 0.4) is 0 Å². The van der Waals surface area contributed by atoms with Crippen LogP contribution in [0.5, 0.6) is 5.75 Å². The number of ether oxygens (including phenoxy) is 1. The van der Waals surface area contributed by atoms with Crippen molar-refractivity contribution in [1.82, 2.24) is 10.3 Å². The van der Waals surface area contributed by atoms with E-state index in [4.69, 9.17) is 4.74 Å². The zero-order valence-corrected chi connectivity index (χ0v) is 11.8. The Balaban J connectivity index is 2.21. The van der Waals surface area contributed by atoms with Crippen molar-refractivity contribution in [3.8, 4) is 5.75 Å². The van der Waals surface area contributed by atoms with Crippen molar-refractivity contribution in [1.29, 1.82) is 0 Å². The Labute approximate surface area is 118 Å². The standard InChI is InChI=1S/C15H19N3O2/c1-11-9-13(17-8-4-7-16-10-19)12-5-3-6-14(20-2)15(12)18-11/h3,5-6,9-10H,4,7-8H2,1-2H3,(H,16,19)(H,17,18). The van der Waals surface area contributed by atoms with Crippen LogP contribution in [0, 0.1) is 6.92 Å². The first-order chi connectivity index (χ1) is 9.76. The first kappa shape index (κ1) is 14.1. The minimum atomic E-state index is 0.668. The number of methoxy groups -OCH3 is 1. The number of carbonyl (C=O) groups is 1. The maximum atomic E-state index is 10.2. The number of para-hydroxylation sites is 1. The molecule has 0 atom stereocenters. The molecule has 5 nitrogen and oxygen atoms in total. The van der Waals surface area contributed by atoms with Crippen molar-refractivity contribution in [2.45, 2.75) is 13.3 Å². The molecule has 0 radical (unpaired) electrons. The van der Waals surface area contributed by atoms with E-state index in [-0.39, 0.29) is 0 Å². The summed E-state index contributed by atoms with van der Waals surface area (Å²) < 4.78 is 5.36. The van der Waals surface area contributed by atoms with E-state index in [1.54, 1.807) is 7.11 Å². The maximum absolute atomic E-state index is 10.2. The Kier molecular flexibility index (Phi) is 4.76. The lowest BCUT2D eigenvalue weighted by Gasteiger charge is -2.12. The largest absolute Gasteiger partial charge is 0.494 e. The van der Waals surface area contributed by atoms with Crippen molar-refractivity contribution in [3.63, 3.8) is 0 Å². The SMILES string of the molecule is COc1cccc2c(NCCCNC=O)cc(C)nc12. The number of nitrogens with zero attached hydrogens (tertiary/aromatic N) is 1. The minimum Gasteiger partial charge on any atom is -0.494 e. The first-order valence-electron chi connectivity index (χ1n) is 6.61. The molecule has 0 aliphatic rings. The van der Waals surface area contributed by atoms with Crippen LogP contribution < -0.4 is 15.4 Å². The monoisotopic (exact) mass is 273 g/mol. The zero-order valence-electron chi connectivity index (χ0n) is 11.8. The molecule has 5 heteroatoms. The van der Waals surface area contributed by atoms with Gasteiger partial charge in [-0.3, -0.25) is 4.79 Å². The zero-order chi connectivity index (χ0) is 14.4. The van der Waals surface area contributed by atoms with Gasteiger partial charge in [0, 0.05) is 29.9 Å². The van der Waals surface area contributed by atoms with E-state index >= 15 is 0 Å². The van der Waals surface area contributed by atoms with Gasteiger partial charge in [0.15, 0.2) is 0 Å². The molecule has 0 spiro atoms. The quantitative estimate of drug-likeness (QED) is 0.599. The van der Waals surface area contributed by atoms with Crippen LogP contribution in [0.1, 0.15) is 12.1 Å². The summed E-state index contributed by atoms with van der Waals surface area (Å²) in [7, 11) is 1.65. The van der Waals surface area contributed by atoms with E-state index < -0.39 is 0 Å². The van der Waals surface area contributed by atoms with Gasteiger partial charge in [-0.05, 0) is 25.5 Å². The Morgan fingerprint density at radius 2 is 2.20 bits per heavy atom. The number of pyridine rings is 1. The lowest BCUT2D eigenvalue weighted by molar-refractivity contribution is -0.109.